The lowest BCUT2D eigenvalue weighted by molar-refractivity contribution is 0.350. The molecule has 0 aromatic carbocycles. The van der Waals surface area contributed by atoms with Crippen molar-refractivity contribution in [3.8, 4) is 0 Å². The Morgan fingerprint density at radius 3 is 3.23 bits per heavy atom. The van der Waals surface area contributed by atoms with E-state index in [9.17, 15) is 0 Å². The van der Waals surface area contributed by atoms with E-state index in [1.165, 1.54) is 29.8 Å². The van der Waals surface area contributed by atoms with Gasteiger partial charge in [0.2, 0.25) is 0 Å². The summed E-state index contributed by atoms with van der Waals surface area (Å²) >= 11 is 1.83. The Balaban J connectivity index is 2.15. The third-order valence-electron chi connectivity index (χ3n) is 2.60. The molecule has 0 amide bonds. The highest BCUT2D eigenvalue weighted by atomic mass is 32.1. The van der Waals surface area contributed by atoms with Gasteiger partial charge in [-0.3, -0.25) is 0 Å². The predicted octanol–water partition coefficient (Wildman–Crippen LogP) is 2.12. The summed E-state index contributed by atoms with van der Waals surface area (Å²) in [5.41, 5.74) is 3.38. The molecule has 0 N–H and O–H groups in total. The SMILES string of the molecule is CN(C)CC1CCCc2scnc21. The van der Waals surface area contributed by atoms with Crippen LogP contribution in [0, 0.1) is 0 Å². The van der Waals surface area contributed by atoms with Crippen molar-refractivity contribution in [2.45, 2.75) is 25.2 Å². The quantitative estimate of drug-likeness (QED) is 0.720. The molecule has 1 aromatic rings. The highest BCUT2D eigenvalue weighted by molar-refractivity contribution is 7.09. The van der Waals surface area contributed by atoms with Gasteiger partial charge in [0.25, 0.3) is 0 Å². The van der Waals surface area contributed by atoms with E-state index in [-0.39, 0.29) is 0 Å². The Hall–Kier alpha value is -0.410. The Labute approximate surface area is 83.6 Å². The van der Waals surface area contributed by atoms with Gasteiger partial charge in [0.1, 0.15) is 0 Å². The van der Waals surface area contributed by atoms with Gasteiger partial charge in [-0.25, -0.2) is 4.98 Å². The van der Waals surface area contributed by atoms with Crippen molar-refractivity contribution in [2.24, 2.45) is 0 Å². The molecule has 1 heterocycles. The number of aryl methyl sites for hydroxylation is 1. The number of likely N-dealkylation sites (N-methyl/N-ethyl adjacent to an activating group) is 1. The molecular formula is C10H16N2S. The van der Waals surface area contributed by atoms with Crippen LogP contribution in [0.15, 0.2) is 5.51 Å². The molecule has 0 spiro atoms. The monoisotopic (exact) mass is 196 g/mol. The van der Waals surface area contributed by atoms with Crippen molar-refractivity contribution in [1.82, 2.24) is 9.88 Å². The highest BCUT2D eigenvalue weighted by Gasteiger charge is 2.22. The predicted molar refractivity (Wildman–Crippen MR) is 56.3 cm³/mol. The van der Waals surface area contributed by atoms with Gasteiger partial charge < -0.3 is 4.90 Å². The summed E-state index contributed by atoms with van der Waals surface area (Å²) in [5.74, 6) is 0.685. The van der Waals surface area contributed by atoms with E-state index >= 15 is 0 Å². The Morgan fingerprint density at radius 1 is 1.62 bits per heavy atom. The molecule has 0 aliphatic heterocycles. The van der Waals surface area contributed by atoms with Crippen molar-refractivity contribution in [3.63, 3.8) is 0 Å². The maximum atomic E-state index is 4.48. The largest absolute Gasteiger partial charge is 0.309 e. The molecule has 3 heteroatoms. The standard InChI is InChI=1S/C10H16N2S/c1-12(2)6-8-4-3-5-9-10(8)11-7-13-9/h7-8H,3-6H2,1-2H3. The average molecular weight is 196 g/mol. The number of hydrogen-bond acceptors (Lipinski definition) is 3. The summed E-state index contributed by atoms with van der Waals surface area (Å²) in [6.07, 6.45) is 3.91. The van der Waals surface area contributed by atoms with Gasteiger partial charge in [0, 0.05) is 17.3 Å². The first-order valence-electron chi connectivity index (χ1n) is 4.84. The number of nitrogens with zero attached hydrogens (tertiary/aromatic N) is 2. The van der Waals surface area contributed by atoms with Crippen LogP contribution in [0.1, 0.15) is 29.3 Å². The van der Waals surface area contributed by atoms with Crippen LogP contribution in [-0.2, 0) is 6.42 Å². The molecule has 13 heavy (non-hydrogen) atoms. The van der Waals surface area contributed by atoms with Crippen molar-refractivity contribution in [3.05, 3.63) is 16.1 Å². The number of aromatic nitrogens is 1. The molecule has 0 saturated heterocycles. The smallest absolute Gasteiger partial charge is 0.0797 e. The van der Waals surface area contributed by atoms with Crippen LogP contribution in [0.5, 0.6) is 0 Å². The van der Waals surface area contributed by atoms with Gasteiger partial charge in [-0.1, -0.05) is 0 Å². The molecule has 2 nitrogen and oxygen atoms in total. The minimum atomic E-state index is 0.685. The van der Waals surface area contributed by atoms with Crippen LogP contribution in [0.3, 0.4) is 0 Å². The van der Waals surface area contributed by atoms with Gasteiger partial charge in [-0.15, -0.1) is 11.3 Å². The first kappa shape index (κ1) is 9.16. The fourth-order valence-electron chi connectivity index (χ4n) is 2.06. The lowest BCUT2D eigenvalue weighted by Crippen LogP contribution is -2.23. The molecule has 72 valence electrons. The van der Waals surface area contributed by atoms with E-state index in [0.29, 0.717) is 5.92 Å². The summed E-state index contributed by atoms with van der Waals surface area (Å²) < 4.78 is 0. The number of rotatable bonds is 2. The molecule has 1 unspecified atom stereocenters. The molecule has 1 aliphatic rings. The normalized spacial score (nSPS) is 21.9. The fraction of sp³-hybridized carbons (Fsp3) is 0.700. The minimum Gasteiger partial charge on any atom is -0.309 e. The van der Waals surface area contributed by atoms with Crippen LogP contribution in [0.25, 0.3) is 0 Å². The van der Waals surface area contributed by atoms with Gasteiger partial charge >= 0.3 is 0 Å². The number of hydrogen-bond donors (Lipinski definition) is 0. The van der Waals surface area contributed by atoms with Crippen LogP contribution < -0.4 is 0 Å². The summed E-state index contributed by atoms with van der Waals surface area (Å²) in [5, 5.41) is 0. The van der Waals surface area contributed by atoms with Crippen LogP contribution in [0.2, 0.25) is 0 Å². The Kier molecular flexibility index (Phi) is 2.65. The average Bonchev–Trinajstić information content (AvgIpc) is 2.51. The van der Waals surface area contributed by atoms with Gasteiger partial charge in [-0.05, 0) is 33.4 Å². The Bertz CT molecular complexity index is 280. The van der Waals surface area contributed by atoms with E-state index in [4.69, 9.17) is 0 Å². The van der Waals surface area contributed by atoms with Gasteiger partial charge in [0.05, 0.1) is 11.2 Å². The van der Waals surface area contributed by atoms with Gasteiger partial charge in [0.15, 0.2) is 0 Å². The molecule has 2 rings (SSSR count). The molecular weight excluding hydrogens is 180 g/mol. The van der Waals surface area contributed by atoms with Crippen LogP contribution in [0.4, 0.5) is 0 Å². The van der Waals surface area contributed by atoms with Crippen molar-refractivity contribution in [1.29, 1.82) is 0 Å². The third kappa shape index (κ3) is 1.92. The maximum Gasteiger partial charge on any atom is 0.0797 e. The van der Waals surface area contributed by atoms with Crippen molar-refractivity contribution < 1.29 is 0 Å². The highest BCUT2D eigenvalue weighted by Crippen LogP contribution is 2.32. The molecule has 1 aromatic heterocycles. The lowest BCUT2D eigenvalue weighted by atomic mass is 9.91. The zero-order valence-corrected chi connectivity index (χ0v) is 9.10. The van der Waals surface area contributed by atoms with Crippen molar-refractivity contribution in [2.75, 3.05) is 20.6 Å². The van der Waals surface area contributed by atoms with E-state index in [0.717, 1.165) is 6.54 Å². The first-order chi connectivity index (χ1) is 6.27. The van der Waals surface area contributed by atoms with E-state index in [1.54, 1.807) is 0 Å². The number of fused-ring (bicyclic) bond motifs is 1. The minimum absolute atomic E-state index is 0.685. The molecule has 1 aliphatic carbocycles. The summed E-state index contributed by atoms with van der Waals surface area (Å²) in [4.78, 5) is 8.27. The lowest BCUT2D eigenvalue weighted by Gasteiger charge is -2.24. The second-order valence-corrected chi connectivity index (χ2v) is 4.95. The fourth-order valence-corrected chi connectivity index (χ4v) is 2.96. The van der Waals surface area contributed by atoms with Crippen LogP contribution in [-0.4, -0.2) is 30.5 Å². The molecule has 1 atom stereocenters. The zero-order chi connectivity index (χ0) is 9.26. The van der Waals surface area contributed by atoms with Crippen LogP contribution >= 0.6 is 11.3 Å². The second-order valence-electron chi connectivity index (χ2n) is 4.01. The maximum absolute atomic E-state index is 4.48. The third-order valence-corrected chi connectivity index (χ3v) is 3.51. The Morgan fingerprint density at radius 2 is 2.46 bits per heavy atom. The summed E-state index contributed by atoms with van der Waals surface area (Å²) in [6.45, 7) is 1.15. The summed E-state index contributed by atoms with van der Waals surface area (Å²) in [6, 6.07) is 0. The van der Waals surface area contributed by atoms with E-state index < -0.39 is 0 Å². The zero-order valence-electron chi connectivity index (χ0n) is 8.29. The topological polar surface area (TPSA) is 16.1 Å². The second kappa shape index (κ2) is 3.76. The number of thiazole rings is 1. The van der Waals surface area contributed by atoms with Crippen molar-refractivity contribution >= 4 is 11.3 Å². The molecule has 0 fully saturated rings. The summed E-state index contributed by atoms with van der Waals surface area (Å²) in [7, 11) is 4.28. The van der Waals surface area contributed by atoms with E-state index in [2.05, 4.69) is 24.0 Å². The first-order valence-corrected chi connectivity index (χ1v) is 5.72. The van der Waals surface area contributed by atoms with Gasteiger partial charge in [-0.2, -0.15) is 0 Å². The molecule has 0 bridgehead atoms. The van der Waals surface area contributed by atoms with E-state index in [1.807, 2.05) is 16.8 Å². The molecule has 0 saturated carbocycles. The molecule has 0 radical (unpaired) electrons.